The summed E-state index contributed by atoms with van der Waals surface area (Å²) in [6.07, 6.45) is 0. The van der Waals surface area contributed by atoms with E-state index < -0.39 is 10.8 Å². The molecule has 36 heavy (non-hydrogen) atoms. The van der Waals surface area contributed by atoms with Crippen LogP contribution in [0.25, 0.3) is 33.5 Å². The number of nitro groups is 1. The van der Waals surface area contributed by atoms with E-state index in [1.54, 1.807) is 0 Å². The third-order valence-electron chi connectivity index (χ3n) is 5.36. The minimum absolute atomic E-state index is 0.00318. The summed E-state index contributed by atoms with van der Waals surface area (Å²) in [5.41, 5.74) is 12.7. The number of carbonyl (C=O) groups is 1. The maximum absolute atomic E-state index is 13.1. The largest absolute Gasteiger partial charge is 0.378 e. The van der Waals surface area contributed by atoms with E-state index in [0.717, 1.165) is 16.3 Å². The molecule has 0 bridgehead atoms. The molecule has 13 heteroatoms. The van der Waals surface area contributed by atoms with E-state index in [1.165, 1.54) is 28.9 Å². The molecule has 0 unspecified atom stereocenters. The standard InChI is InChI=1S/C23H17N9O4/c1-13(16-7-6-14-4-2-3-5-17(14)12-16)25-27-23(33)19-20(15-8-10-18(11-9-15)32(34)35)31(30-26-19)22-21(24)28-36-29-22/h2-12,25H,1H2,(H2,24,28)(H,27,33). The molecule has 5 rings (SSSR count). The Kier molecular flexibility index (Phi) is 5.54. The number of nitrogens with zero attached hydrogens (tertiary/aromatic N) is 6. The van der Waals surface area contributed by atoms with E-state index in [2.05, 4.69) is 42.7 Å². The Balaban J connectivity index is 1.44. The van der Waals surface area contributed by atoms with Gasteiger partial charge >= 0.3 is 0 Å². The fourth-order valence-electron chi connectivity index (χ4n) is 3.56. The normalized spacial score (nSPS) is 10.8. The molecule has 4 N–H and O–H groups in total. The number of carbonyl (C=O) groups excluding carboxylic acids is 1. The van der Waals surface area contributed by atoms with Crippen molar-refractivity contribution in [3.05, 3.63) is 94.7 Å². The number of hydrogen-bond acceptors (Lipinski definition) is 10. The molecule has 0 atom stereocenters. The minimum Gasteiger partial charge on any atom is -0.378 e. The number of anilines is 1. The van der Waals surface area contributed by atoms with E-state index in [1.807, 2.05) is 42.5 Å². The van der Waals surface area contributed by atoms with Crippen molar-refractivity contribution in [2.45, 2.75) is 0 Å². The van der Waals surface area contributed by atoms with Gasteiger partial charge in [0, 0.05) is 17.7 Å². The van der Waals surface area contributed by atoms with Gasteiger partial charge in [-0.1, -0.05) is 48.2 Å². The zero-order valence-corrected chi connectivity index (χ0v) is 18.5. The van der Waals surface area contributed by atoms with Crippen LogP contribution >= 0.6 is 0 Å². The van der Waals surface area contributed by atoms with Gasteiger partial charge in [-0.05, 0) is 44.8 Å². The van der Waals surface area contributed by atoms with E-state index >= 15 is 0 Å². The van der Waals surface area contributed by atoms with Crippen molar-refractivity contribution in [2.24, 2.45) is 0 Å². The Morgan fingerprint density at radius 2 is 1.78 bits per heavy atom. The first-order valence-electron chi connectivity index (χ1n) is 10.5. The van der Waals surface area contributed by atoms with Gasteiger partial charge in [-0.2, -0.15) is 4.68 Å². The van der Waals surface area contributed by atoms with Crippen LogP contribution in [0.2, 0.25) is 0 Å². The molecule has 0 aliphatic heterocycles. The van der Waals surface area contributed by atoms with Crippen LogP contribution in [-0.2, 0) is 0 Å². The van der Waals surface area contributed by atoms with Gasteiger partial charge in [-0.25, -0.2) is 4.63 Å². The van der Waals surface area contributed by atoms with Crippen molar-refractivity contribution in [2.75, 3.05) is 5.73 Å². The lowest BCUT2D eigenvalue weighted by Crippen LogP contribution is -2.36. The Hall–Kier alpha value is -5.59. The quantitative estimate of drug-likeness (QED) is 0.230. The zero-order chi connectivity index (χ0) is 25.2. The number of nitrogens with two attached hydrogens (primary N) is 1. The smallest absolute Gasteiger partial charge is 0.292 e. The molecule has 0 radical (unpaired) electrons. The highest BCUT2D eigenvalue weighted by Crippen LogP contribution is 2.28. The summed E-state index contributed by atoms with van der Waals surface area (Å²) in [7, 11) is 0. The number of fused-ring (bicyclic) bond motifs is 1. The van der Waals surface area contributed by atoms with Gasteiger partial charge in [-0.3, -0.25) is 25.8 Å². The molecule has 0 saturated heterocycles. The minimum atomic E-state index is -0.647. The predicted molar refractivity (Wildman–Crippen MR) is 129 cm³/mol. The molecule has 0 fully saturated rings. The summed E-state index contributed by atoms with van der Waals surface area (Å²) in [4.78, 5) is 23.6. The van der Waals surface area contributed by atoms with Crippen LogP contribution in [0.15, 0.2) is 77.9 Å². The van der Waals surface area contributed by atoms with Crippen LogP contribution < -0.4 is 16.6 Å². The highest BCUT2D eigenvalue weighted by Gasteiger charge is 2.25. The molecule has 2 heterocycles. The topological polar surface area (TPSA) is 180 Å². The second-order valence-corrected chi connectivity index (χ2v) is 7.60. The van der Waals surface area contributed by atoms with Crippen molar-refractivity contribution in [3.63, 3.8) is 0 Å². The molecule has 178 valence electrons. The summed E-state index contributed by atoms with van der Waals surface area (Å²) in [6.45, 7) is 3.98. The number of hydrogen-bond donors (Lipinski definition) is 3. The average Bonchev–Trinajstić information content (AvgIpc) is 3.52. The highest BCUT2D eigenvalue weighted by molar-refractivity contribution is 5.98. The summed E-state index contributed by atoms with van der Waals surface area (Å²) in [6, 6.07) is 19.1. The maximum atomic E-state index is 13.1. The molecule has 0 saturated carbocycles. The molecule has 13 nitrogen and oxygen atoms in total. The third-order valence-corrected chi connectivity index (χ3v) is 5.36. The molecular weight excluding hydrogens is 466 g/mol. The molecular formula is C23H17N9O4. The number of amides is 1. The first-order chi connectivity index (χ1) is 17.4. The third kappa shape index (κ3) is 4.07. The van der Waals surface area contributed by atoms with Crippen molar-refractivity contribution < 1.29 is 14.3 Å². The van der Waals surface area contributed by atoms with Crippen LogP contribution in [0.4, 0.5) is 11.5 Å². The van der Waals surface area contributed by atoms with E-state index in [-0.39, 0.29) is 28.7 Å². The van der Waals surface area contributed by atoms with E-state index in [0.29, 0.717) is 11.3 Å². The lowest BCUT2D eigenvalue weighted by Gasteiger charge is -2.12. The van der Waals surface area contributed by atoms with Crippen LogP contribution in [0.1, 0.15) is 16.1 Å². The van der Waals surface area contributed by atoms with Crippen LogP contribution in [0.5, 0.6) is 0 Å². The number of aromatic nitrogens is 5. The van der Waals surface area contributed by atoms with Crippen molar-refractivity contribution in [1.29, 1.82) is 0 Å². The SMILES string of the molecule is C=C(NNC(=O)c1nnn(-c2nonc2N)c1-c1ccc([N+](=O)[O-])cc1)c1ccc2ccccc2c1. The number of non-ortho nitro benzene ring substituents is 1. The van der Waals surface area contributed by atoms with Gasteiger partial charge in [0.1, 0.15) is 5.69 Å². The molecule has 2 aromatic heterocycles. The Labute approximate surface area is 202 Å². The second-order valence-electron chi connectivity index (χ2n) is 7.60. The first-order valence-corrected chi connectivity index (χ1v) is 10.5. The Bertz CT molecular complexity index is 1620. The molecule has 1 amide bonds. The van der Waals surface area contributed by atoms with Gasteiger partial charge in [-0.15, -0.1) is 5.10 Å². The lowest BCUT2D eigenvalue weighted by molar-refractivity contribution is -0.384. The van der Waals surface area contributed by atoms with Crippen molar-refractivity contribution in [1.82, 2.24) is 36.2 Å². The van der Waals surface area contributed by atoms with Gasteiger partial charge in [0.2, 0.25) is 11.6 Å². The number of hydrazine groups is 1. The molecule has 0 spiro atoms. The van der Waals surface area contributed by atoms with Gasteiger partial charge in [0.05, 0.1) is 10.6 Å². The van der Waals surface area contributed by atoms with Gasteiger partial charge < -0.3 is 5.73 Å². The van der Waals surface area contributed by atoms with Crippen LogP contribution in [0, 0.1) is 10.1 Å². The predicted octanol–water partition coefficient (Wildman–Crippen LogP) is 2.87. The first kappa shape index (κ1) is 22.2. The Morgan fingerprint density at radius 3 is 2.47 bits per heavy atom. The monoisotopic (exact) mass is 483 g/mol. The highest BCUT2D eigenvalue weighted by atomic mass is 16.6. The van der Waals surface area contributed by atoms with Gasteiger partial charge in [0.15, 0.2) is 5.69 Å². The lowest BCUT2D eigenvalue weighted by atomic mass is 10.1. The molecule has 0 aliphatic rings. The molecule has 0 aliphatic carbocycles. The number of nitrogen functional groups attached to an aromatic ring is 1. The van der Waals surface area contributed by atoms with Crippen molar-refractivity contribution >= 4 is 33.9 Å². The zero-order valence-electron chi connectivity index (χ0n) is 18.5. The van der Waals surface area contributed by atoms with Crippen LogP contribution in [0.3, 0.4) is 0 Å². The molecule has 3 aromatic carbocycles. The van der Waals surface area contributed by atoms with E-state index in [4.69, 9.17) is 5.73 Å². The van der Waals surface area contributed by atoms with E-state index in [9.17, 15) is 14.9 Å². The summed E-state index contributed by atoms with van der Waals surface area (Å²) in [5.74, 6) is -0.729. The number of rotatable bonds is 7. The number of nitrogens with one attached hydrogen (secondary N) is 2. The number of nitro benzene ring substituents is 1. The number of benzene rings is 3. The van der Waals surface area contributed by atoms with Gasteiger partial charge in [0.25, 0.3) is 11.6 Å². The summed E-state index contributed by atoms with van der Waals surface area (Å²) < 4.78 is 5.81. The summed E-state index contributed by atoms with van der Waals surface area (Å²) in [5, 5.41) is 28.3. The maximum Gasteiger partial charge on any atom is 0.292 e. The summed E-state index contributed by atoms with van der Waals surface area (Å²) >= 11 is 0. The fourth-order valence-corrected chi connectivity index (χ4v) is 3.56. The Morgan fingerprint density at radius 1 is 1.03 bits per heavy atom. The average molecular weight is 483 g/mol. The van der Waals surface area contributed by atoms with Crippen molar-refractivity contribution in [3.8, 4) is 17.1 Å². The van der Waals surface area contributed by atoms with Crippen LogP contribution in [-0.4, -0.2) is 36.1 Å². The molecule has 5 aromatic rings. The second kappa shape index (κ2) is 8.98. The fraction of sp³-hybridized carbons (Fsp3) is 0.